The van der Waals surface area contributed by atoms with E-state index in [1.165, 1.54) is 5.56 Å². The fraction of sp³-hybridized carbons (Fsp3) is 0.160. The Morgan fingerprint density at radius 3 is 2.47 bits per heavy atom. The van der Waals surface area contributed by atoms with Gasteiger partial charge in [0, 0.05) is 11.1 Å². The van der Waals surface area contributed by atoms with Gasteiger partial charge in [0.15, 0.2) is 0 Å². The molecule has 5 heteroatoms. The minimum Gasteiger partial charge on any atom is -0.497 e. The molecule has 1 atom stereocenters. The van der Waals surface area contributed by atoms with Crippen molar-refractivity contribution in [1.82, 2.24) is 4.57 Å². The molecule has 4 aromatic rings. The van der Waals surface area contributed by atoms with Crippen molar-refractivity contribution in [2.75, 3.05) is 18.6 Å². The fourth-order valence-electron chi connectivity index (χ4n) is 4.10. The van der Waals surface area contributed by atoms with E-state index in [-0.39, 0.29) is 12.1 Å². The molecule has 1 aromatic heterocycles. The quantitative estimate of drug-likeness (QED) is 0.464. The lowest BCUT2D eigenvalue weighted by molar-refractivity contribution is 0.178. The zero-order valence-corrected chi connectivity index (χ0v) is 16.7. The van der Waals surface area contributed by atoms with Gasteiger partial charge in [0.25, 0.3) is 0 Å². The number of hydrogen-bond donors (Lipinski definition) is 0. The number of carbonyl (C=O) groups is 1. The second-order valence-electron chi connectivity index (χ2n) is 7.39. The van der Waals surface area contributed by atoms with Crippen molar-refractivity contribution >= 4 is 22.8 Å². The van der Waals surface area contributed by atoms with Crippen LogP contribution in [0, 0.1) is 0 Å². The maximum Gasteiger partial charge on any atom is 0.415 e. The number of fused-ring (bicyclic) bond motifs is 1. The summed E-state index contributed by atoms with van der Waals surface area (Å²) in [4.78, 5) is 14.6. The minimum absolute atomic E-state index is 0.0683. The number of rotatable bonds is 5. The zero-order valence-electron chi connectivity index (χ0n) is 16.7. The molecule has 0 aliphatic carbocycles. The Labute approximate surface area is 175 Å². The van der Waals surface area contributed by atoms with Gasteiger partial charge in [-0.25, -0.2) is 4.79 Å². The van der Waals surface area contributed by atoms with Crippen LogP contribution in [0.2, 0.25) is 0 Å². The lowest BCUT2D eigenvalue weighted by Gasteiger charge is -2.23. The predicted octanol–water partition coefficient (Wildman–Crippen LogP) is 5.21. The maximum atomic E-state index is 12.8. The smallest absolute Gasteiger partial charge is 0.415 e. The normalized spacial score (nSPS) is 16.1. The number of ether oxygens (including phenoxy) is 2. The number of carbonyl (C=O) groups excluding carboxylic acids is 1. The zero-order chi connectivity index (χ0) is 20.5. The number of amides is 1. The highest BCUT2D eigenvalue weighted by molar-refractivity contribution is 5.96. The average Bonchev–Trinajstić information content (AvgIpc) is 3.34. The molecule has 150 valence electrons. The first-order valence-electron chi connectivity index (χ1n) is 9.99. The second kappa shape index (κ2) is 7.59. The molecular weight excluding hydrogens is 376 g/mol. The number of hydrogen-bond acceptors (Lipinski definition) is 3. The van der Waals surface area contributed by atoms with Gasteiger partial charge in [0.2, 0.25) is 0 Å². The third kappa shape index (κ3) is 3.18. The Kier molecular flexibility index (Phi) is 4.64. The maximum absolute atomic E-state index is 12.8. The fourth-order valence-corrected chi connectivity index (χ4v) is 4.10. The summed E-state index contributed by atoms with van der Waals surface area (Å²) >= 11 is 0. The van der Waals surface area contributed by atoms with Crippen molar-refractivity contribution < 1.29 is 14.3 Å². The van der Waals surface area contributed by atoms with Gasteiger partial charge in [0.05, 0.1) is 18.7 Å². The van der Waals surface area contributed by atoms with Crippen LogP contribution in [-0.2, 0) is 11.2 Å². The first-order valence-corrected chi connectivity index (χ1v) is 9.99. The standard InChI is InChI=1S/C25H22N2O3/c1-29-22-13-11-20(12-14-22)26-23-10-6-5-9-19(23)16-24(26)27-21(17-30-25(27)28)15-18-7-3-2-4-8-18/h2-14,16,21H,15,17H2,1H3/t21-/m0/s1. The van der Waals surface area contributed by atoms with E-state index in [0.717, 1.165) is 34.6 Å². The van der Waals surface area contributed by atoms with Crippen molar-refractivity contribution in [2.24, 2.45) is 0 Å². The molecule has 1 amide bonds. The number of benzene rings is 3. The van der Waals surface area contributed by atoms with E-state index in [1.54, 1.807) is 12.0 Å². The highest BCUT2D eigenvalue weighted by Crippen LogP contribution is 2.34. The van der Waals surface area contributed by atoms with Gasteiger partial charge < -0.3 is 9.47 Å². The van der Waals surface area contributed by atoms with Crippen LogP contribution in [0.1, 0.15) is 5.56 Å². The molecule has 5 nitrogen and oxygen atoms in total. The molecule has 0 radical (unpaired) electrons. The average molecular weight is 398 g/mol. The molecule has 0 saturated carbocycles. The lowest BCUT2D eigenvalue weighted by atomic mass is 10.1. The number of methoxy groups -OCH3 is 1. The number of para-hydroxylation sites is 1. The van der Waals surface area contributed by atoms with Gasteiger partial charge in [-0.05, 0) is 48.4 Å². The summed E-state index contributed by atoms with van der Waals surface area (Å²) < 4.78 is 12.9. The minimum atomic E-state index is -0.312. The van der Waals surface area contributed by atoms with Crippen LogP contribution < -0.4 is 9.64 Å². The highest BCUT2D eigenvalue weighted by Gasteiger charge is 2.36. The van der Waals surface area contributed by atoms with Gasteiger partial charge in [-0.1, -0.05) is 48.5 Å². The van der Waals surface area contributed by atoms with Gasteiger partial charge in [0.1, 0.15) is 18.2 Å². The Hall–Kier alpha value is -3.73. The Morgan fingerprint density at radius 2 is 1.70 bits per heavy atom. The van der Waals surface area contributed by atoms with Crippen LogP contribution in [0.3, 0.4) is 0 Å². The van der Waals surface area contributed by atoms with E-state index in [0.29, 0.717) is 6.61 Å². The lowest BCUT2D eigenvalue weighted by Crippen LogP contribution is -2.36. The number of aromatic nitrogens is 1. The monoisotopic (exact) mass is 398 g/mol. The molecule has 30 heavy (non-hydrogen) atoms. The summed E-state index contributed by atoms with van der Waals surface area (Å²) in [6.07, 6.45) is 0.421. The van der Waals surface area contributed by atoms with Gasteiger partial charge in [-0.2, -0.15) is 0 Å². The molecule has 0 spiro atoms. The van der Waals surface area contributed by atoms with Crippen LogP contribution in [-0.4, -0.2) is 30.4 Å². The molecule has 0 bridgehead atoms. The highest BCUT2D eigenvalue weighted by atomic mass is 16.6. The number of anilines is 1. The van der Waals surface area contributed by atoms with Crippen LogP contribution in [0.5, 0.6) is 5.75 Å². The largest absolute Gasteiger partial charge is 0.497 e. The molecule has 1 fully saturated rings. The molecule has 1 aliphatic rings. The summed E-state index contributed by atoms with van der Waals surface area (Å²) in [6.45, 7) is 0.373. The molecule has 2 heterocycles. The molecule has 0 N–H and O–H groups in total. The molecular formula is C25H22N2O3. The van der Waals surface area contributed by atoms with Crippen LogP contribution in [0.15, 0.2) is 84.9 Å². The molecule has 5 rings (SSSR count). The first kappa shape index (κ1) is 18.3. The van der Waals surface area contributed by atoms with E-state index in [9.17, 15) is 4.79 Å². The van der Waals surface area contributed by atoms with E-state index in [4.69, 9.17) is 9.47 Å². The molecule has 1 saturated heterocycles. The second-order valence-corrected chi connectivity index (χ2v) is 7.39. The summed E-state index contributed by atoms with van der Waals surface area (Å²) in [7, 11) is 1.65. The Balaban J connectivity index is 1.62. The van der Waals surface area contributed by atoms with E-state index < -0.39 is 0 Å². The van der Waals surface area contributed by atoms with Crippen LogP contribution in [0.25, 0.3) is 16.6 Å². The molecule has 1 aliphatic heterocycles. The number of cyclic esters (lactones) is 1. The van der Waals surface area contributed by atoms with E-state index >= 15 is 0 Å². The van der Waals surface area contributed by atoms with Gasteiger partial charge in [-0.3, -0.25) is 9.47 Å². The van der Waals surface area contributed by atoms with Crippen molar-refractivity contribution in [3.05, 3.63) is 90.5 Å². The first-order chi connectivity index (χ1) is 14.7. The van der Waals surface area contributed by atoms with Gasteiger partial charge in [-0.15, -0.1) is 0 Å². The van der Waals surface area contributed by atoms with Crippen molar-refractivity contribution in [1.29, 1.82) is 0 Å². The van der Waals surface area contributed by atoms with Crippen molar-refractivity contribution in [3.63, 3.8) is 0 Å². The number of nitrogens with zero attached hydrogens (tertiary/aromatic N) is 2. The van der Waals surface area contributed by atoms with E-state index in [2.05, 4.69) is 34.9 Å². The summed E-state index contributed by atoms with van der Waals surface area (Å²) in [6, 6.07) is 28.2. The third-order valence-electron chi connectivity index (χ3n) is 5.54. The summed E-state index contributed by atoms with van der Waals surface area (Å²) in [5.74, 6) is 1.60. The topological polar surface area (TPSA) is 43.7 Å². The summed E-state index contributed by atoms with van der Waals surface area (Å²) in [5.41, 5.74) is 3.18. The van der Waals surface area contributed by atoms with Gasteiger partial charge >= 0.3 is 6.09 Å². The SMILES string of the molecule is COc1ccc(-n2c(N3C(=O)OC[C@@H]3Cc3ccccc3)cc3ccccc32)cc1. The molecule has 0 unspecified atom stereocenters. The Morgan fingerprint density at radius 1 is 0.967 bits per heavy atom. The molecule has 3 aromatic carbocycles. The van der Waals surface area contributed by atoms with Crippen molar-refractivity contribution in [3.8, 4) is 11.4 Å². The third-order valence-corrected chi connectivity index (χ3v) is 5.54. The van der Waals surface area contributed by atoms with Crippen molar-refractivity contribution in [2.45, 2.75) is 12.5 Å². The van der Waals surface area contributed by atoms with E-state index in [1.807, 2.05) is 54.6 Å². The van der Waals surface area contributed by atoms with Crippen LogP contribution >= 0.6 is 0 Å². The van der Waals surface area contributed by atoms with Crippen LogP contribution in [0.4, 0.5) is 10.6 Å². The predicted molar refractivity (Wildman–Crippen MR) is 118 cm³/mol. The summed E-state index contributed by atoms with van der Waals surface area (Å²) in [5, 5.41) is 1.07. The Bertz CT molecular complexity index is 1180.